The average molecular weight is 319 g/mol. The molecular formula is C20H21N3O. The highest BCUT2D eigenvalue weighted by Gasteiger charge is 2.04. The molecule has 0 saturated carbocycles. The molecule has 0 aliphatic heterocycles. The molecule has 4 heteroatoms. The van der Waals surface area contributed by atoms with Crippen molar-refractivity contribution in [3.8, 4) is 16.9 Å². The van der Waals surface area contributed by atoms with E-state index in [4.69, 9.17) is 0 Å². The summed E-state index contributed by atoms with van der Waals surface area (Å²) >= 11 is 0. The van der Waals surface area contributed by atoms with Crippen LogP contribution in [-0.4, -0.2) is 20.8 Å². The SMILES string of the molecule is CC.CC(=O)/C=C/c1ccc(-n2cc(-c3ccccc3)nn2)cc1. The van der Waals surface area contributed by atoms with Gasteiger partial charge in [-0.05, 0) is 30.7 Å². The van der Waals surface area contributed by atoms with E-state index >= 15 is 0 Å². The van der Waals surface area contributed by atoms with Crippen molar-refractivity contribution in [2.45, 2.75) is 20.8 Å². The Labute approximate surface area is 142 Å². The second kappa shape index (κ2) is 8.58. The van der Waals surface area contributed by atoms with Gasteiger partial charge in [0.1, 0.15) is 5.69 Å². The molecule has 0 unspecified atom stereocenters. The van der Waals surface area contributed by atoms with E-state index in [1.165, 1.54) is 6.92 Å². The maximum atomic E-state index is 10.9. The molecular weight excluding hydrogens is 298 g/mol. The molecule has 3 aromatic rings. The molecule has 2 aromatic carbocycles. The van der Waals surface area contributed by atoms with E-state index in [2.05, 4.69) is 10.3 Å². The van der Waals surface area contributed by atoms with Crippen LogP contribution in [-0.2, 0) is 4.79 Å². The van der Waals surface area contributed by atoms with Crippen LogP contribution in [0.1, 0.15) is 26.3 Å². The number of nitrogens with zero attached hydrogens (tertiary/aromatic N) is 3. The normalized spacial score (nSPS) is 10.3. The number of hydrogen-bond donors (Lipinski definition) is 0. The fourth-order valence-corrected chi connectivity index (χ4v) is 2.08. The molecule has 122 valence electrons. The Bertz CT molecular complexity index is 802. The first-order valence-electron chi connectivity index (χ1n) is 7.99. The molecule has 0 radical (unpaired) electrons. The second-order valence-electron chi connectivity index (χ2n) is 4.95. The molecule has 4 nitrogen and oxygen atoms in total. The molecule has 0 aliphatic rings. The number of hydrogen-bond acceptors (Lipinski definition) is 3. The molecule has 0 bridgehead atoms. The van der Waals surface area contributed by atoms with Gasteiger partial charge in [-0.1, -0.05) is 67.6 Å². The fourth-order valence-electron chi connectivity index (χ4n) is 2.08. The van der Waals surface area contributed by atoms with Crippen molar-refractivity contribution >= 4 is 11.9 Å². The van der Waals surface area contributed by atoms with Gasteiger partial charge >= 0.3 is 0 Å². The maximum absolute atomic E-state index is 10.9. The van der Waals surface area contributed by atoms with Gasteiger partial charge in [0.2, 0.25) is 0 Å². The summed E-state index contributed by atoms with van der Waals surface area (Å²) in [5, 5.41) is 8.36. The van der Waals surface area contributed by atoms with Crippen molar-refractivity contribution in [3.05, 3.63) is 72.4 Å². The van der Waals surface area contributed by atoms with E-state index in [9.17, 15) is 4.79 Å². The van der Waals surface area contributed by atoms with Gasteiger partial charge in [-0.15, -0.1) is 5.10 Å². The first-order chi connectivity index (χ1) is 11.7. The van der Waals surface area contributed by atoms with Crippen molar-refractivity contribution < 1.29 is 4.79 Å². The summed E-state index contributed by atoms with van der Waals surface area (Å²) in [7, 11) is 0. The Morgan fingerprint density at radius 3 is 2.29 bits per heavy atom. The van der Waals surface area contributed by atoms with E-state index in [0.29, 0.717) is 0 Å². The van der Waals surface area contributed by atoms with Gasteiger partial charge < -0.3 is 0 Å². The van der Waals surface area contributed by atoms with Gasteiger partial charge in [-0.3, -0.25) is 4.79 Å². The third kappa shape index (κ3) is 4.49. The molecule has 0 amide bonds. The Morgan fingerprint density at radius 2 is 1.67 bits per heavy atom. The Morgan fingerprint density at radius 1 is 1.00 bits per heavy atom. The number of ketones is 1. The molecule has 1 aromatic heterocycles. The minimum atomic E-state index is 0.0351. The summed E-state index contributed by atoms with van der Waals surface area (Å²) in [5.74, 6) is 0.0351. The first-order valence-corrected chi connectivity index (χ1v) is 7.99. The van der Waals surface area contributed by atoms with Crippen LogP contribution in [0, 0.1) is 0 Å². The van der Waals surface area contributed by atoms with Gasteiger partial charge in [0.25, 0.3) is 0 Å². The first kappa shape index (κ1) is 17.3. The zero-order chi connectivity index (χ0) is 17.4. The quantitative estimate of drug-likeness (QED) is 0.662. The number of aromatic nitrogens is 3. The number of carbonyl (C=O) groups excluding carboxylic acids is 1. The molecule has 24 heavy (non-hydrogen) atoms. The summed E-state index contributed by atoms with van der Waals surface area (Å²) in [6.07, 6.45) is 5.25. The predicted octanol–water partition coefficient (Wildman–Crippen LogP) is 4.56. The smallest absolute Gasteiger partial charge is 0.152 e. The maximum Gasteiger partial charge on any atom is 0.152 e. The van der Waals surface area contributed by atoms with E-state index < -0.39 is 0 Å². The van der Waals surface area contributed by atoms with Gasteiger partial charge in [0, 0.05) is 5.56 Å². The molecule has 0 aliphatic carbocycles. The fraction of sp³-hybridized carbons (Fsp3) is 0.150. The minimum Gasteiger partial charge on any atom is -0.295 e. The zero-order valence-corrected chi connectivity index (χ0v) is 14.2. The lowest BCUT2D eigenvalue weighted by Gasteiger charge is -2.00. The van der Waals surface area contributed by atoms with Crippen LogP contribution in [0.25, 0.3) is 23.0 Å². The van der Waals surface area contributed by atoms with E-state index in [1.807, 2.05) is 74.6 Å². The van der Waals surface area contributed by atoms with Crippen molar-refractivity contribution in [3.63, 3.8) is 0 Å². The van der Waals surface area contributed by atoms with Crippen LogP contribution in [0.3, 0.4) is 0 Å². The van der Waals surface area contributed by atoms with Gasteiger partial charge in [0.05, 0.1) is 11.9 Å². The Hall–Kier alpha value is -3.01. The summed E-state index contributed by atoms with van der Waals surface area (Å²) in [4.78, 5) is 10.9. The average Bonchev–Trinajstić information content (AvgIpc) is 3.13. The van der Waals surface area contributed by atoms with Crippen molar-refractivity contribution in [1.29, 1.82) is 0 Å². The summed E-state index contributed by atoms with van der Waals surface area (Å²) < 4.78 is 1.74. The van der Waals surface area contributed by atoms with Crippen LogP contribution in [0.15, 0.2) is 66.9 Å². The van der Waals surface area contributed by atoms with E-state index in [-0.39, 0.29) is 5.78 Å². The number of benzene rings is 2. The van der Waals surface area contributed by atoms with Crippen molar-refractivity contribution in [2.24, 2.45) is 0 Å². The van der Waals surface area contributed by atoms with Crippen LogP contribution >= 0.6 is 0 Å². The number of allylic oxidation sites excluding steroid dienone is 1. The lowest BCUT2D eigenvalue weighted by Crippen LogP contribution is -1.94. The molecule has 3 rings (SSSR count). The van der Waals surface area contributed by atoms with Crippen LogP contribution in [0.5, 0.6) is 0 Å². The van der Waals surface area contributed by atoms with Crippen LogP contribution in [0.2, 0.25) is 0 Å². The third-order valence-electron chi connectivity index (χ3n) is 3.23. The lowest BCUT2D eigenvalue weighted by atomic mass is 10.1. The van der Waals surface area contributed by atoms with Crippen LogP contribution < -0.4 is 0 Å². The standard InChI is InChI=1S/C18H15N3O.C2H6/c1-14(22)7-8-15-9-11-17(12-10-15)21-13-18(19-20-21)16-5-3-2-4-6-16;1-2/h2-13H,1H3;1-2H3/b8-7+;. The van der Waals surface area contributed by atoms with E-state index in [0.717, 1.165) is 22.5 Å². The molecule has 1 heterocycles. The highest BCUT2D eigenvalue weighted by Crippen LogP contribution is 2.17. The topological polar surface area (TPSA) is 47.8 Å². The second-order valence-corrected chi connectivity index (χ2v) is 4.95. The molecule has 0 spiro atoms. The van der Waals surface area contributed by atoms with Crippen LogP contribution in [0.4, 0.5) is 0 Å². The van der Waals surface area contributed by atoms with Crippen molar-refractivity contribution in [1.82, 2.24) is 15.0 Å². The third-order valence-corrected chi connectivity index (χ3v) is 3.23. The molecule has 0 atom stereocenters. The zero-order valence-electron chi connectivity index (χ0n) is 14.2. The Kier molecular flexibility index (Phi) is 6.20. The largest absolute Gasteiger partial charge is 0.295 e. The summed E-state index contributed by atoms with van der Waals surface area (Å²) in [6.45, 7) is 5.53. The molecule has 0 saturated heterocycles. The number of rotatable bonds is 4. The monoisotopic (exact) mass is 319 g/mol. The highest BCUT2D eigenvalue weighted by atomic mass is 16.1. The highest BCUT2D eigenvalue weighted by molar-refractivity contribution is 5.91. The van der Waals surface area contributed by atoms with Gasteiger partial charge in [-0.25, -0.2) is 4.68 Å². The Balaban J connectivity index is 0.00000100. The summed E-state index contributed by atoms with van der Waals surface area (Å²) in [5.41, 5.74) is 3.77. The van der Waals surface area contributed by atoms with E-state index in [1.54, 1.807) is 16.8 Å². The predicted molar refractivity (Wildman–Crippen MR) is 97.9 cm³/mol. The van der Waals surface area contributed by atoms with Gasteiger partial charge in [-0.2, -0.15) is 0 Å². The summed E-state index contributed by atoms with van der Waals surface area (Å²) in [6, 6.07) is 17.7. The molecule has 0 fully saturated rings. The minimum absolute atomic E-state index is 0.0351. The van der Waals surface area contributed by atoms with Crippen molar-refractivity contribution in [2.75, 3.05) is 0 Å². The van der Waals surface area contributed by atoms with Gasteiger partial charge in [0.15, 0.2) is 5.78 Å². The number of carbonyl (C=O) groups is 1. The lowest BCUT2D eigenvalue weighted by molar-refractivity contribution is -0.112. The molecule has 0 N–H and O–H groups in total.